The van der Waals surface area contributed by atoms with Crippen molar-refractivity contribution in [2.45, 2.75) is 6.92 Å². The Hall–Kier alpha value is -1.77. The fraction of sp³-hybridized carbons (Fsp3) is 0.250. The molecule has 3 nitrogen and oxygen atoms in total. The number of rotatable bonds is 1. The maximum Gasteiger partial charge on any atom is 0.128 e. The van der Waals surface area contributed by atoms with E-state index in [1.54, 1.807) is 0 Å². The van der Waals surface area contributed by atoms with E-state index in [1.807, 2.05) is 37.2 Å². The molecule has 0 bridgehead atoms. The molecule has 0 radical (unpaired) electrons. The zero-order valence-electron chi connectivity index (χ0n) is 9.28. The van der Waals surface area contributed by atoms with Gasteiger partial charge in [-0.3, -0.25) is 0 Å². The van der Waals surface area contributed by atoms with E-state index in [2.05, 4.69) is 18.0 Å². The Bertz CT molecular complexity index is 503. The van der Waals surface area contributed by atoms with Gasteiger partial charge in [-0.25, -0.2) is 4.98 Å². The third-order valence-corrected chi connectivity index (χ3v) is 2.49. The molecule has 1 aromatic heterocycles. The zero-order valence-corrected chi connectivity index (χ0v) is 9.28. The molecule has 78 valence electrons. The number of nitrogen functional groups attached to an aromatic ring is 1. The summed E-state index contributed by atoms with van der Waals surface area (Å²) in [6.07, 6.45) is 0. The second-order valence-corrected chi connectivity index (χ2v) is 3.97. The summed E-state index contributed by atoms with van der Waals surface area (Å²) in [5.41, 5.74) is 8.68. The van der Waals surface area contributed by atoms with Gasteiger partial charge in [-0.15, -0.1) is 0 Å². The van der Waals surface area contributed by atoms with Gasteiger partial charge in [-0.2, -0.15) is 0 Å². The molecule has 0 saturated carbocycles. The van der Waals surface area contributed by atoms with Crippen LogP contribution in [0.2, 0.25) is 0 Å². The van der Waals surface area contributed by atoms with Crippen molar-refractivity contribution in [3.63, 3.8) is 0 Å². The first-order valence-electron chi connectivity index (χ1n) is 4.92. The van der Waals surface area contributed by atoms with Crippen molar-refractivity contribution in [2.75, 3.05) is 24.7 Å². The molecule has 15 heavy (non-hydrogen) atoms. The molecule has 0 fully saturated rings. The molecule has 0 aliphatic rings. The van der Waals surface area contributed by atoms with E-state index >= 15 is 0 Å². The van der Waals surface area contributed by atoms with Crippen LogP contribution in [0.15, 0.2) is 24.3 Å². The number of nitrogens with zero attached hydrogens (tertiary/aromatic N) is 2. The molecule has 3 heteroatoms. The van der Waals surface area contributed by atoms with Crippen LogP contribution < -0.4 is 10.6 Å². The Kier molecular flexibility index (Phi) is 2.23. The number of aromatic nitrogens is 1. The Morgan fingerprint density at radius 3 is 2.60 bits per heavy atom. The summed E-state index contributed by atoms with van der Waals surface area (Å²) in [4.78, 5) is 6.54. The van der Waals surface area contributed by atoms with Gasteiger partial charge in [-0.1, -0.05) is 6.07 Å². The van der Waals surface area contributed by atoms with Crippen LogP contribution >= 0.6 is 0 Å². The highest BCUT2D eigenvalue weighted by atomic mass is 15.1. The van der Waals surface area contributed by atoms with Crippen LogP contribution in [-0.2, 0) is 0 Å². The second-order valence-electron chi connectivity index (χ2n) is 3.97. The number of nitrogens with two attached hydrogens (primary N) is 1. The molecule has 0 aliphatic carbocycles. The van der Waals surface area contributed by atoms with Gasteiger partial charge in [0, 0.05) is 25.2 Å². The molecule has 0 spiro atoms. The van der Waals surface area contributed by atoms with E-state index in [4.69, 9.17) is 5.73 Å². The van der Waals surface area contributed by atoms with Crippen LogP contribution in [0.4, 0.5) is 11.5 Å². The van der Waals surface area contributed by atoms with E-state index in [0.717, 1.165) is 22.4 Å². The lowest BCUT2D eigenvalue weighted by atomic mass is 10.1. The van der Waals surface area contributed by atoms with E-state index in [-0.39, 0.29) is 0 Å². The standard InChI is InChI=1S/C12H15N3/c1-8-6-12(15(2)3)14-11-7-9(13)4-5-10(8)11/h4-7H,13H2,1-3H3. The Balaban J connectivity index is 2.74. The number of anilines is 2. The topological polar surface area (TPSA) is 42.2 Å². The van der Waals surface area contributed by atoms with Gasteiger partial charge in [0.15, 0.2) is 0 Å². The first kappa shape index (κ1) is 9.77. The molecule has 0 atom stereocenters. The van der Waals surface area contributed by atoms with Crippen LogP contribution in [0.1, 0.15) is 5.56 Å². The van der Waals surface area contributed by atoms with Gasteiger partial charge in [-0.05, 0) is 30.7 Å². The van der Waals surface area contributed by atoms with Gasteiger partial charge in [0.05, 0.1) is 5.52 Å². The van der Waals surface area contributed by atoms with Crippen LogP contribution in [0.3, 0.4) is 0 Å². The summed E-state index contributed by atoms with van der Waals surface area (Å²) in [6, 6.07) is 7.92. The van der Waals surface area contributed by atoms with Crippen LogP contribution in [0, 0.1) is 6.92 Å². The van der Waals surface area contributed by atoms with Crippen molar-refractivity contribution < 1.29 is 0 Å². The molecule has 2 N–H and O–H groups in total. The van der Waals surface area contributed by atoms with E-state index in [0.29, 0.717) is 0 Å². The lowest BCUT2D eigenvalue weighted by molar-refractivity contribution is 1.08. The fourth-order valence-electron chi connectivity index (χ4n) is 1.63. The fourth-order valence-corrected chi connectivity index (χ4v) is 1.63. The number of aryl methyl sites for hydroxylation is 1. The highest BCUT2D eigenvalue weighted by molar-refractivity contribution is 5.86. The summed E-state index contributed by atoms with van der Waals surface area (Å²) < 4.78 is 0. The summed E-state index contributed by atoms with van der Waals surface area (Å²) in [7, 11) is 3.97. The van der Waals surface area contributed by atoms with Crippen molar-refractivity contribution in [3.05, 3.63) is 29.8 Å². The van der Waals surface area contributed by atoms with Crippen LogP contribution in [0.5, 0.6) is 0 Å². The van der Waals surface area contributed by atoms with Gasteiger partial charge >= 0.3 is 0 Å². The first-order chi connectivity index (χ1) is 7.08. The maximum absolute atomic E-state index is 5.75. The number of hydrogen-bond acceptors (Lipinski definition) is 3. The van der Waals surface area contributed by atoms with Crippen molar-refractivity contribution >= 4 is 22.4 Å². The molecule has 2 aromatic rings. The number of fused-ring (bicyclic) bond motifs is 1. The zero-order chi connectivity index (χ0) is 11.0. The summed E-state index contributed by atoms with van der Waals surface area (Å²) in [5, 5.41) is 1.16. The maximum atomic E-state index is 5.75. The van der Waals surface area contributed by atoms with Gasteiger partial charge in [0.2, 0.25) is 0 Å². The van der Waals surface area contributed by atoms with Gasteiger partial charge in [0.25, 0.3) is 0 Å². The monoisotopic (exact) mass is 201 g/mol. The second kappa shape index (κ2) is 3.42. The summed E-state index contributed by atoms with van der Waals surface area (Å²) in [6.45, 7) is 2.09. The number of hydrogen-bond donors (Lipinski definition) is 1. The molecular formula is C12H15N3. The third kappa shape index (κ3) is 1.73. The molecule has 0 unspecified atom stereocenters. The Labute approximate surface area is 89.5 Å². The summed E-state index contributed by atoms with van der Waals surface area (Å²) >= 11 is 0. The smallest absolute Gasteiger partial charge is 0.128 e. The lowest BCUT2D eigenvalue weighted by Crippen LogP contribution is -2.10. The van der Waals surface area contributed by atoms with E-state index < -0.39 is 0 Å². The predicted molar refractivity (Wildman–Crippen MR) is 65.2 cm³/mol. The molecule has 1 heterocycles. The van der Waals surface area contributed by atoms with Crippen molar-refractivity contribution in [1.29, 1.82) is 0 Å². The first-order valence-corrected chi connectivity index (χ1v) is 4.92. The highest BCUT2D eigenvalue weighted by Crippen LogP contribution is 2.23. The Morgan fingerprint density at radius 2 is 1.93 bits per heavy atom. The minimum absolute atomic E-state index is 0.755. The van der Waals surface area contributed by atoms with E-state index in [9.17, 15) is 0 Å². The molecule has 1 aromatic carbocycles. The minimum Gasteiger partial charge on any atom is -0.399 e. The lowest BCUT2D eigenvalue weighted by Gasteiger charge is -2.13. The minimum atomic E-state index is 0.755. The predicted octanol–water partition coefficient (Wildman–Crippen LogP) is 2.19. The van der Waals surface area contributed by atoms with E-state index in [1.165, 1.54) is 5.56 Å². The molecule has 2 rings (SSSR count). The third-order valence-electron chi connectivity index (χ3n) is 2.49. The normalized spacial score (nSPS) is 10.6. The molecular weight excluding hydrogens is 186 g/mol. The van der Waals surface area contributed by atoms with Crippen LogP contribution in [-0.4, -0.2) is 19.1 Å². The molecule has 0 aliphatic heterocycles. The average Bonchev–Trinajstić information content (AvgIpc) is 2.16. The average molecular weight is 201 g/mol. The van der Waals surface area contributed by atoms with Gasteiger partial charge in [0.1, 0.15) is 5.82 Å². The van der Waals surface area contributed by atoms with Crippen molar-refractivity contribution in [2.24, 2.45) is 0 Å². The molecule has 0 saturated heterocycles. The number of pyridine rings is 1. The number of benzene rings is 1. The largest absolute Gasteiger partial charge is 0.399 e. The van der Waals surface area contributed by atoms with Crippen molar-refractivity contribution in [3.8, 4) is 0 Å². The van der Waals surface area contributed by atoms with Crippen molar-refractivity contribution in [1.82, 2.24) is 4.98 Å². The SMILES string of the molecule is Cc1cc(N(C)C)nc2cc(N)ccc12. The Morgan fingerprint density at radius 1 is 1.20 bits per heavy atom. The summed E-state index contributed by atoms with van der Waals surface area (Å²) in [5.74, 6) is 0.964. The quantitative estimate of drug-likeness (QED) is 0.719. The van der Waals surface area contributed by atoms with Crippen LogP contribution in [0.25, 0.3) is 10.9 Å². The van der Waals surface area contributed by atoms with Gasteiger partial charge < -0.3 is 10.6 Å². The molecule has 0 amide bonds. The highest BCUT2D eigenvalue weighted by Gasteiger charge is 2.04.